The number of amides is 1. The number of nitrogens with zero attached hydrogens (tertiary/aromatic N) is 3. The molecule has 0 unspecified atom stereocenters. The number of rotatable bonds is 3. The second-order valence-corrected chi connectivity index (χ2v) is 8.36. The third-order valence-corrected chi connectivity index (χ3v) is 6.17. The minimum Gasteiger partial charge on any atom is -0.368 e. The van der Waals surface area contributed by atoms with Crippen LogP contribution in [-0.2, 0) is 0 Å². The number of aromatic amines is 1. The zero-order valence-corrected chi connectivity index (χ0v) is 18.5. The van der Waals surface area contributed by atoms with Gasteiger partial charge < -0.3 is 14.8 Å². The Labute approximate surface area is 194 Å². The molecule has 7 nitrogen and oxygen atoms in total. The lowest BCUT2D eigenvalue weighted by molar-refractivity contribution is 0.0747. The zero-order chi connectivity index (χ0) is 22.9. The fourth-order valence-corrected chi connectivity index (χ4v) is 4.29. The Balaban J connectivity index is 1.38. The van der Waals surface area contributed by atoms with Gasteiger partial charge in [0.2, 0.25) is 0 Å². The van der Waals surface area contributed by atoms with Crippen LogP contribution in [0, 0.1) is 0 Å². The van der Waals surface area contributed by atoms with E-state index in [0.29, 0.717) is 53.4 Å². The maximum atomic E-state index is 13.1. The second kappa shape index (κ2) is 8.60. The summed E-state index contributed by atoms with van der Waals surface area (Å²) in [4.78, 5) is 45.4. The van der Waals surface area contributed by atoms with Gasteiger partial charge in [0.05, 0.1) is 16.6 Å². The average Bonchev–Trinajstić information content (AvgIpc) is 2.84. The third-order valence-electron chi connectivity index (χ3n) is 5.92. The van der Waals surface area contributed by atoms with E-state index in [1.165, 1.54) is 0 Å². The lowest BCUT2D eigenvalue weighted by Crippen LogP contribution is -2.48. The Hall–Kier alpha value is -3.84. The molecule has 1 amide bonds. The fraction of sp³-hybridized carbons (Fsp3) is 0.160. The summed E-state index contributed by atoms with van der Waals surface area (Å²) in [6, 6.07) is 21.2. The maximum Gasteiger partial charge on any atom is 0.333 e. The van der Waals surface area contributed by atoms with Gasteiger partial charge in [-0.15, -0.1) is 0 Å². The molecule has 33 heavy (non-hydrogen) atoms. The van der Waals surface area contributed by atoms with Crippen molar-refractivity contribution in [2.75, 3.05) is 31.1 Å². The Morgan fingerprint density at radius 3 is 2.21 bits per heavy atom. The highest BCUT2D eigenvalue weighted by atomic mass is 35.5. The van der Waals surface area contributed by atoms with Crippen LogP contribution in [-0.4, -0.2) is 46.5 Å². The van der Waals surface area contributed by atoms with E-state index in [-0.39, 0.29) is 5.91 Å². The van der Waals surface area contributed by atoms with Gasteiger partial charge in [-0.3, -0.25) is 9.59 Å². The number of carbonyl (C=O) groups excluding carboxylic acids is 1. The number of piperazine rings is 1. The number of benzene rings is 3. The molecule has 3 aromatic carbocycles. The molecule has 0 bridgehead atoms. The van der Waals surface area contributed by atoms with Crippen LogP contribution in [0.15, 0.2) is 82.4 Å². The first kappa shape index (κ1) is 21.0. The van der Waals surface area contributed by atoms with Crippen molar-refractivity contribution in [3.8, 4) is 5.69 Å². The van der Waals surface area contributed by atoms with Gasteiger partial charge in [0, 0.05) is 42.5 Å². The van der Waals surface area contributed by atoms with E-state index >= 15 is 0 Å². The standard InChI is InChI=1S/C25H21ClN4O3/c26-18-7-9-19(10-8-18)28-12-14-29(15-13-28)23(31)17-6-11-21-22(16-17)27-25(33)30(24(21)32)20-4-2-1-3-5-20/h1-11,16H,12-15H2,(H,27,33). The minimum absolute atomic E-state index is 0.124. The van der Waals surface area contributed by atoms with Gasteiger partial charge in [0.25, 0.3) is 11.5 Å². The molecular formula is C25H21ClN4O3. The van der Waals surface area contributed by atoms with E-state index < -0.39 is 11.2 Å². The van der Waals surface area contributed by atoms with Gasteiger partial charge in [0.1, 0.15) is 0 Å². The molecule has 2 heterocycles. The van der Waals surface area contributed by atoms with Gasteiger partial charge in [-0.1, -0.05) is 29.8 Å². The summed E-state index contributed by atoms with van der Waals surface area (Å²) in [6.45, 7) is 2.57. The van der Waals surface area contributed by atoms with Crippen LogP contribution in [0.3, 0.4) is 0 Å². The average molecular weight is 461 g/mol. The number of H-pyrrole nitrogens is 1. The van der Waals surface area contributed by atoms with Crippen molar-refractivity contribution in [2.24, 2.45) is 0 Å². The van der Waals surface area contributed by atoms with E-state index in [1.807, 2.05) is 30.3 Å². The number of hydrogen-bond acceptors (Lipinski definition) is 4. The number of carbonyl (C=O) groups is 1. The van der Waals surface area contributed by atoms with Gasteiger partial charge in [-0.2, -0.15) is 0 Å². The molecule has 5 rings (SSSR count). The van der Waals surface area contributed by atoms with E-state index in [0.717, 1.165) is 10.3 Å². The molecule has 1 aromatic heterocycles. The van der Waals surface area contributed by atoms with Gasteiger partial charge in [-0.05, 0) is 54.6 Å². The topological polar surface area (TPSA) is 78.4 Å². The van der Waals surface area contributed by atoms with Crippen LogP contribution in [0.4, 0.5) is 5.69 Å². The van der Waals surface area contributed by atoms with Gasteiger partial charge in [0.15, 0.2) is 0 Å². The van der Waals surface area contributed by atoms with E-state index in [4.69, 9.17) is 11.6 Å². The van der Waals surface area contributed by atoms with Crippen LogP contribution >= 0.6 is 11.6 Å². The van der Waals surface area contributed by atoms with Crippen molar-refractivity contribution in [3.63, 3.8) is 0 Å². The van der Waals surface area contributed by atoms with Crippen LogP contribution in [0.1, 0.15) is 10.4 Å². The molecule has 0 spiro atoms. The molecule has 0 aliphatic carbocycles. The number of para-hydroxylation sites is 1. The minimum atomic E-state index is -0.542. The highest BCUT2D eigenvalue weighted by Gasteiger charge is 2.23. The molecule has 1 saturated heterocycles. The lowest BCUT2D eigenvalue weighted by Gasteiger charge is -2.36. The van der Waals surface area contributed by atoms with Crippen molar-refractivity contribution in [2.45, 2.75) is 0 Å². The Bertz CT molecular complexity index is 1440. The van der Waals surface area contributed by atoms with Gasteiger partial charge in [-0.25, -0.2) is 9.36 Å². The Morgan fingerprint density at radius 1 is 0.818 bits per heavy atom. The predicted octanol–water partition coefficient (Wildman–Crippen LogP) is 3.29. The molecule has 8 heteroatoms. The molecule has 0 radical (unpaired) electrons. The van der Waals surface area contributed by atoms with Crippen LogP contribution in [0.5, 0.6) is 0 Å². The van der Waals surface area contributed by atoms with Crippen molar-refractivity contribution in [1.29, 1.82) is 0 Å². The molecule has 1 fully saturated rings. The summed E-state index contributed by atoms with van der Waals surface area (Å²) in [5.74, 6) is -0.124. The highest BCUT2D eigenvalue weighted by Crippen LogP contribution is 2.20. The molecule has 0 saturated carbocycles. The first-order valence-corrected chi connectivity index (χ1v) is 11.0. The number of aromatic nitrogens is 2. The number of hydrogen-bond donors (Lipinski definition) is 1. The van der Waals surface area contributed by atoms with Crippen LogP contribution in [0.2, 0.25) is 5.02 Å². The fourth-order valence-electron chi connectivity index (χ4n) is 4.16. The van der Waals surface area contributed by atoms with E-state index in [9.17, 15) is 14.4 Å². The smallest absolute Gasteiger partial charge is 0.333 e. The Kier molecular flexibility index (Phi) is 5.48. The van der Waals surface area contributed by atoms with E-state index in [1.54, 1.807) is 47.4 Å². The highest BCUT2D eigenvalue weighted by molar-refractivity contribution is 6.30. The van der Waals surface area contributed by atoms with Crippen molar-refractivity contribution in [1.82, 2.24) is 14.5 Å². The molecule has 4 aromatic rings. The molecule has 1 N–H and O–H groups in total. The predicted molar refractivity (Wildman–Crippen MR) is 130 cm³/mol. The summed E-state index contributed by atoms with van der Waals surface area (Å²) in [7, 11) is 0. The monoisotopic (exact) mass is 460 g/mol. The summed E-state index contributed by atoms with van der Waals surface area (Å²) in [5.41, 5.74) is 1.39. The molecule has 1 aliphatic heterocycles. The summed E-state index contributed by atoms with van der Waals surface area (Å²) in [5, 5.41) is 1.04. The maximum absolute atomic E-state index is 13.1. The summed E-state index contributed by atoms with van der Waals surface area (Å²) in [6.07, 6.45) is 0. The zero-order valence-electron chi connectivity index (χ0n) is 17.7. The molecule has 1 aliphatic rings. The summed E-state index contributed by atoms with van der Waals surface area (Å²) >= 11 is 5.97. The number of nitrogens with one attached hydrogen (secondary N) is 1. The van der Waals surface area contributed by atoms with Crippen molar-refractivity contribution in [3.05, 3.63) is 104 Å². The molecular weight excluding hydrogens is 440 g/mol. The first-order valence-electron chi connectivity index (χ1n) is 10.7. The third kappa shape index (κ3) is 4.03. The molecule has 0 atom stereocenters. The lowest BCUT2D eigenvalue weighted by atomic mass is 10.1. The van der Waals surface area contributed by atoms with Gasteiger partial charge >= 0.3 is 5.69 Å². The first-order chi connectivity index (χ1) is 16.0. The number of fused-ring (bicyclic) bond motifs is 1. The SMILES string of the molecule is O=C(c1ccc2c(=O)n(-c3ccccc3)c(=O)[nH]c2c1)N1CCN(c2ccc(Cl)cc2)CC1. The van der Waals surface area contributed by atoms with Crippen molar-refractivity contribution >= 4 is 34.1 Å². The van der Waals surface area contributed by atoms with Crippen molar-refractivity contribution < 1.29 is 4.79 Å². The summed E-state index contributed by atoms with van der Waals surface area (Å²) < 4.78 is 1.10. The second-order valence-electron chi connectivity index (χ2n) is 7.92. The van der Waals surface area contributed by atoms with E-state index in [2.05, 4.69) is 9.88 Å². The normalized spacial score (nSPS) is 14.0. The quantitative estimate of drug-likeness (QED) is 0.509. The number of anilines is 1. The van der Waals surface area contributed by atoms with Crippen LogP contribution < -0.4 is 16.1 Å². The number of halogens is 1. The largest absolute Gasteiger partial charge is 0.368 e. The van der Waals surface area contributed by atoms with Crippen LogP contribution in [0.25, 0.3) is 16.6 Å². The Morgan fingerprint density at radius 2 is 1.52 bits per heavy atom. The molecule has 166 valence electrons.